The van der Waals surface area contributed by atoms with Gasteiger partial charge < -0.3 is 30.4 Å². The van der Waals surface area contributed by atoms with Crippen LogP contribution in [-0.2, 0) is 9.13 Å². The molecule has 0 atom stereocenters. The molecule has 0 unspecified atom stereocenters. The Morgan fingerprint density at radius 2 is 1.53 bits per heavy atom. The largest absolute Gasteiger partial charge is 0.369 e. The molecule has 0 rings (SSSR count). The van der Waals surface area contributed by atoms with Crippen LogP contribution in [0, 0.1) is 0 Å². The zero-order valence-corrected chi connectivity index (χ0v) is 11.3. The van der Waals surface area contributed by atoms with E-state index in [0.717, 1.165) is 0 Å². The molecule has 0 saturated heterocycles. The zero-order valence-electron chi connectivity index (χ0n) is 13.5. The van der Waals surface area contributed by atoms with Gasteiger partial charge in [0.25, 0.3) is 5.08 Å². The smallest absolute Gasteiger partial charge is 0.368 e. The summed E-state index contributed by atoms with van der Waals surface area (Å²) in [7, 11) is -12.7. The summed E-state index contributed by atoms with van der Waals surface area (Å²) in [5.74, 6) is 0. The Bertz CT molecular complexity index is 462. The molecule has 0 aromatic heterocycles. The van der Waals surface area contributed by atoms with E-state index >= 15 is 0 Å². The first-order valence-electron chi connectivity index (χ1n) is 5.87. The summed E-state index contributed by atoms with van der Waals surface area (Å²) in [6, 6.07) is 0. The fourth-order valence-electron chi connectivity index (χ4n) is 0.435. The molecule has 0 spiro atoms. The second-order valence-corrected chi connectivity index (χ2v) is 5.94. The molecule has 8 nitrogen and oxygen atoms in total. The van der Waals surface area contributed by atoms with Crippen molar-refractivity contribution in [2.45, 2.75) is 17.8 Å². The normalized spacial score (nSPS) is 22.3. The molecule has 0 bridgehead atoms. The molecule has 0 aliphatic carbocycles. The number of rotatable bonds is 5. The number of aliphatic hydroxyl groups is 1. The van der Waals surface area contributed by atoms with Gasteiger partial charge in [0.15, 0.2) is 0 Å². The average Bonchev–Trinajstić information content (AvgIpc) is 2.10. The molecule has 0 fully saturated rings. The van der Waals surface area contributed by atoms with Crippen LogP contribution in [0.1, 0.15) is 21.0 Å². The van der Waals surface area contributed by atoms with E-state index in [-0.39, 0.29) is 29.6 Å². The first-order chi connectivity index (χ1) is 8.25. The molecule has 11 heteroatoms. The monoisotopic (exact) mass is 278 g/mol. The topological polar surface area (TPSA) is 161 Å². The third-order valence-corrected chi connectivity index (χ3v) is 4.53. The van der Waals surface area contributed by atoms with Crippen molar-refractivity contribution >= 4 is 44.7 Å². The SMILES string of the molecule is [2H]C([2H])(N)C([2H])([2H])C([2H])([2H])C(O)(P(=O)(O)O)P(=O)(O)O.[Na]. The summed E-state index contributed by atoms with van der Waals surface area (Å²) < 4.78 is 64.6. The van der Waals surface area contributed by atoms with Crippen LogP contribution in [0.2, 0.25) is 0 Å². The van der Waals surface area contributed by atoms with Crippen molar-refractivity contribution in [3.63, 3.8) is 0 Å². The van der Waals surface area contributed by atoms with Crippen LogP contribution < -0.4 is 5.73 Å². The van der Waals surface area contributed by atoms with Crippen LogP contribution >= 0.6 is 15.2 Å². The Labute approximate surface area is 117 Å². The Hall–Kier alpha value is 1.22. The summed E-state index contributed by atoms with van der Waals surface area (Å²) in [6.07, 6.45) is -8.49. The Morgan fingerprint density at radius 3 is 1.73 bits per heavy atom. The van der Waals surface area contributed by atoms with Crippen molar-refractivity contribution in [2.24, 2.45) is 5.73 Å². The van der Waals surface area contributed by atoms with Gasteiger partial charge in [0.2, 0.25) is 0 Å². The van der Waals surface area contributed by atoms with E-state index in [9.17, 15) is 14.2 Å². The van der Waals surface area contributed by atoms with E-state index in [0.29, 0.717) is 0 Å². The fraction of sp³-hybridized carbons (Fsp3) is 1.00. The molecule has 0 heterocycles. The van der Waals surface area contributed by atoms with E-state index < -0.39 is 39.5 Å². The van der Waals surface area contributed by atoms with E-state index in [2.05, 4.69) is 5.73 Å². The molecule has 7 N–H and O–H groups in total. The third kappa shape index (κ3) is 4.53. The van der Waals surface area contributed by atoms with Gasteiger partial charge in [-0.25, -0.2) is 0 Å². The molecule has 0 aromatic carbocycles. The molecule has 0 aliphatic heterocycles. The van der Waals surface area contributed by atoms with Crippen molar-refractivity contribution in [3.05, 3.63) is 0 Å². The first kappa shape index (κ1) is 9.19. The maximum Gasteiger partial charge on any atom is 0.369 e. The minimum absolute atomic E-state index is 0. The van der Waals surface area contributed by atoms with E-state index in [1.807, 2.05) is 0 Å². The quantitative estimate of drug-likeness (QED) is 0.257. The van der Waals surface area contributed by atoms with Gasteiger partial charge in [-0.1, -0.05) is 0 Å². The van der Waals surface area contributed by atoms with Gasteiger partial charge in [-0.3, -0.25) is 9.13 Å². The van der Waals surface area contributed by atoms with Crippen LogP contribution in [0.4, 0.5) is 0 Å². The molecular weight excluding hydrogens is 259 g/mol. The second kappa shape index (κ2) is 6.23. The van der Waals surface area contributed by atoms with Crippen molar-refractivity contribution in [1.29, 1.82) is 0 Å². The van der Waals surface area contributed by atoms with Gasteiger partial charge >= 0.3 is 15.2 Å². The predicted octanol–water partition coefficient (Wildman–Crippen LogP) is -1.65. The molecule has 1 radical (unpaired) electrons. The maximum atomic E-state index is 11.1. The average molecular weight is 278 g/mol. The maximum absolute atomic E-state index is 11.1. The van der Waals surface area contributed by atoms with Crippen LogP contribution in [0.5, 0.6) is 0 Å². The van der Waals surface area contributed by atoms with Crippen molar-refractivity contribution < 1.29 is 42.0 Å². The van der Waals surface area contributed by atoms with Crippen LogP contribution in [0.15, 0.2) is 0 Å². The zero-order chi connectivity index (χ0) is 17.0. The van der Waals surface area contributed by atoms with Gasteiger partial charge in [-0.2, -0.15) is 0 Å². The molecule has 0 saturated carbocycles. The van der Waals surface area contributed by atoms with Gasteiger partial charge in [0, 0.05) is 44.2 Å². The molecule has 15 heavy (non-hydrogen) atoms. The summed E-state index contributed by atoms with van der Waals surface area (Å²) in [5, 5.41) is 4.73. The molecule has 0 aliphatic rings. The summed E-state index contributed by atoms with van der Waals surface area (Å²) >= 11 is 0. The van der Waals surface area contributed by atoms with Crippen molar-refractivity contribution in [2.75, 3.05) is 6.50 Å². The summed E-state index contributed by atoms with van der Waals surface area (Å²) in [4.78, 5) is 35.3. The predicted molar refractivity (Wildman–Crippen MR) is 53.1 cm³/mol. The van der Waals surface area contributed by atoms with Gasteiger partial charge in [0.1, 0.15) is 0 Å². The van der Waals surface area contributed by atoms with Crippen LogP contribution in [-0.4, -0.2) is 65.8 Å². The fourth-order valence-corrected chi connectivity index (χ4v) is 2.20. The Morgan fingerprint density at radius 1 is 1.20 bits per heavy atom. The molecule has 0 aromatic rings. The van der Waals surface area contributed by atoms with E-state index in [1.54, 1.807) is 0 Å². The molecular formula is C4H13NNaO7P2. The van der Waals surface area contributed by atoms with Gasteiger partial charge in [0.05, 0.1) is 0 Å². The van der Waals surface area contributed by atoms with Crippen LogP contribution in [0.25, 0.3) is 0 Å². The minimum Gasteiger partial charge on any atom is -0.368 e. The summed E-state index contributed by atoms with van der Waals surface area (Å²) in [5.41, 5.74) is 4.68. The van der Waals surface area contributed by atoms with E-state index in [1.165, 1.54) is 0 Å². The standard InChI is InChI=1S/C4H13NO7P2.Na/c5-3-1-2-4(6,13(7,8)9)14(10,11)12;/h6H,1-3,5H2,(H2,7,8,9)(H2,10,11,12);/i1D2,2D2,3D2;. The van der Waals surface area contributed by atoms with Crippen LogP contribution in [0.3, 0.4) is 0 Å². The van der Waals surface area contributed by atoms with Crippen molar-refractivity contribution in [3.8, 4) is 0 Å². The van der Waals surface area contributed by atoms with E-state index in [4.69, 9.17) is 27.8 Å². The number of hydrogen-bond acceptors (Lipinski definition) is 4. The third-order valence-electron chi connectivity index (χ3n) is 1.11. The first-order valence-corrected chi connectivity index (χ1v) is 6.10. The number of nitrogens with two attached hydrogens (primary N) is 1. The number of hydrogen-bond donors (Lipinski definition) is 6. The van der Waals surface area contributed by atoms with Gasteiger partial charge in [-0.15, -0.1) is 0 Å². The van der Waals surface area contributed by atoms with Crippen molar-refractivity contribution in [1.82, 2.24) is 0 Å². The minimum atomic E-state index is -6.34. The Kier molecular flexibility index (Phi) is 3.82. The molecule has 0 amide bonds. The molecule has 87 valence electrons. The Balaban J connectivity index is 0. The van der Waals surface area contributed by atoms with Gasteiger partial charge in [-0.05, 0) is 12.9 Å². The second-order valence-electron chi connectivity index (χ2n) is 2.12. The summed E-state index contributed by atoms with van der Waals surface area (Å²) in [6.45, 7) is -3.62.